The first-order valence-corrected chi connectivity index (χ1v) is 10.6. The number of hydrogen-bond donors (Lipinski definition) is 0. The summed E-state index contributed by atoms with van der Waals surface area (Å²) in [6.45, 7) is 0. The van der Waals surface area contributed by atoms with E-state index in [0.29, 0.717) is 0 Å². The molecule has 25 heavy (non-hydrogen) atoms. The molecule has 2 aliphatic rings. The Hall–Kier alpha value is -1.89. The van der Waals surface area contributed by atoms with E-state index in [1.807, 2.05) is 0 Å². The van der Waals surface area contributed by atoms with Crippen LogP contribution in [0.3, 0.4) is 0 Å². The fourth-order valence-corrected chi connectivity index (χ4v) is 5.80. The first-order chi connectivity index (χ1) is 12.4. The number of benzene rings is 2. The van der Waals surface area contributed by atoms with Gasteiger partial charge in [0.15, 0.2) is 0 Å². The maximum atomic E-state index is 2.37. The molecule has 0 atom stereocenters. The molecule has 0 radical (unpaired) electrons. The third-order valence-electron chi connectivity index (χ3n) is 4.83. The standard InChI is InChI=1S/2C12H11.Ti.2H/c2*1-2-6-11(7-3-1)10-12-8-4-5-9-12;;;/h2*1-4,6-8H,5,10H2;;;/q;;;2*-1. The third kappa shape index (κ3) is 4.21. The number of allylic oxidation sites excluding steroid dienone is 8. The summed E-state index contributed by atoms with van der Waals surface area (Å²) in [4.78, 5) is 0. The van der Waals surface area contributed by atoms with Gasteiger partial charge in [0, 0.05) is 0 Å². The van der Waals surface area contributed by atoms with Crippen LogP contribution in [0.25, 0.3) is 0 Å². The molecular weight excluding hydrogens is 336 g/mol. The SMILES string of the molecule is C1=CC(Cc2ccccc2)=[C]([Ti][C]2=C(Cc3ccccc3)C=CC2)C1.[H-].[H-]. The summed E-state index contributed by atoms with van der Waals surface area (Å²) < 4.78 is 3.46. The molecule has 0 spiro atoms. The Bertz CT molecular complexity index is 788. The average Bonchev–Trinajstić information content (AvgIpc) is 3.27. The van der Waals surface area contributed by atoms with Gasteiger partial charge >= 0.3 is 160 Å². The smallest absolute Gasteiger partial charge is 1.00 e. The Kier molecular flexibility index (Phi) is 5.30. The Balaban J connectivity index is 0.00000131. The van der Waals surface area contributed by atoms with Gasteiger partial charge in [0.2, 0.25) is 0 Å². The van der Waals surface area contributed by atoms with Crippen LogP contribution in [0.4, 0.5) is 0 Å². The molecule has 0 aromatic heterocycles. The molecule has 0 fully saturated rings. The Morgan fingerprint density at radius 2 is 1.08 bits per heavy atom. The van der Waals surface area contributed by atoms with Crippen molar-refractivity contribution in [2.45, 2.75) is 25.7 Å². The van der Waals surface area contributed by atoms with Crippen LogP contribution in [-0.2, 0) is 32.0 Å². The van der Waals surface area contributed by atoms with Crippen LogP contribution in [-0.4, -0.2) is 0 Å². The summed E-state index contributed by atoms with van der Waals surface area (Å²) in [6, 6.07) is 21.8. The van der Waals surface area contributed by atoms with E-state index >= 15 is 0 Å². The van der Waals surface area contributed by atoms with Crippen LogP contribution < -0.4 is 0 Å². The van der Waals surface area contributed by atoms with Gasteiger partial charge < -0.3 is 2.85 Å². The predicted octanol–water partition coefficient (Wildman–Crippen LogP) is 6.21. The van der Waals surface area contributed by atoms with Gasteiger partial charge in [0.25, 0.3) is 0 Å². The molecule has 0 saturated carbocycles. The van der Waals surface area contributed by atoms with Crippen molar-refractivity contribution in [2.24, 2.45) is 0 Å². The summed E-state index contributed by atoms with van der Waals surface area (Å²) in [6.07, 6.45) is 14.0. The summed E-state index contributed by atoms with van der Waals surface area (Å²) in [5.74, 6) is 0. The van der Waals surface area contributed by atoms with Gasteiger partial charge in [-0.15, -0.1) is 0 Å². The molecule has 2 aromatic carbocycles. The van der Waals surface area contributed by atoms with Crippen molar-refractivity contribution in [1.82, 2.24) is 0 Å². The van der Waals surface area contributed by atoms with E-state index in [1.54, 1.807) is 18.9 Å². The summed E-state index contributed by atoms with van der Waals surface area (Å²) in [5, 5.41) is 0. The summed E-state index contributed by atoms with van der Waals surface area (Å²) >= 11 is -0.182. The Morgan fingerprint density at radius 1 is 0.640 bits per heavy atom. The monoisotopic (exact) mass is 360 g/mol. The topological polar surface area (TPSA) is 0 Å². The zero-order valence-electron chi connectivity index (χ0n) is 16.4. The maximum Gasteiger partial charge on any atom is -1.00 e. The summed E-state index contributed by atoms with van der Waals surface area (Å²) in [7, 11) is 0. The van der Waals surface area contributed by atoms with Gasteiger partial charge in [0.05, 0.1) is 0 Å². The first kappa shape index (κ1) is 16.6. The van der Waals surface area contributed by atoms with Crippen molar-refractivity contribution < 1.29 is 22.0 Å². The van der Waals surface area contributed by atoms with E-state index < -0.39 is 0 Å². The molecule has 0 saturated heterocycles. The molecule has 0 aliphatic heterocycles. The fourth-order valence-electron chi connectivity index (χ4n) is 3.51. The van der Waals surface area contributed by atoms with Gasteiger partial charge in [-0.2, -0.15) is 0 Å². The van der Waals surface area contributed by atoms with E-state index in [4.69, 9.17) is 0 Å². The average molecular weight is 360 g/mol. The first-order valence-electron chi connectivity index (χ1n) is 9.00. The number of rotatable bonds is 6. The van der Waals surface area contributed by atoms with Crippen molar-refractivity contribution in [3.8, 4) is 0 Å². The molecule has 4 rings (SSSR count). The Morgan fingerprint density at radius 3 is 1.52 bits per heavy atom. The molecule has 0 bridgehead atoms. The number of hydrogen-bond acceptors (Lipinski definition) is 0. The van der Waals surface area contributed by atoms with Crippen LogP contribution in [0, 0.1) is 0 Å². The molecule has 0 amide bonds. The van der Waals surface area contributed by atoms with Crippen molar-refractivity contribution in [1.29, 1.82) is 0 Å². The second kappa shape index (κ2) is 8.00. The zero-order chi connectivity index (χ0) is 16.9. The zero-order valence-corrected chi connectivity index (χ0v) is 16.0. The van der Waals surface area contributed by atoms with Gasteiger partial charge in [-0.25, -0.2) is 0 Å². The van der Waals surface area contributed by atoms with Gasteiger partial charge in [-0.3, -0.25) is 0 Å². The van der Waals surface area contributed by atoms with Gasteiger partial charge in [-0.1, -0.05) is 0 Å². The summed E-state index contributed by atoms with van der Waals surface area (Å²) in [5.41, 5.74) is 6.00. The maximum absolute atomic E-state index is 2.37. The molecular formula is C24H24Ti-2. The van der Waals surface area contributed by atoms with Crippen LogP contribution in [0.15, 0.2) is 104 Å². The van der Waals surface area contributed by atoms with E-state index in [0.717, 1.165) is 12.8 Å². The minimum atomic E-state index is -0.182. The quantitative estimate of drug-likeness (QED) is 0.538. The molecule has 0 heterocycles. The normalized spacial score (nSPS) is 16.2. The van der Waals surface area contributed by atoms with E-state index in [9.17, 15) is 0 Å². The largest absolute Gasteiger partial charge is 1.00 e. The van der Waals surface area contributed by atoms with Crippen LogP contribution >= 0.6 is 0 Å². The molecule has 0 N–H and O–H groups in total. The molecule has 1 heteroatoms. The minimum Gasteiger partial charge on any atom is -1.00 e. The molecule has 0 unspecified atom stereocenters. The van der Waals surface area contributed by atoms with Crippen molar-refractivity contribution >= 4 is 0 Å². The second-order valence-electron chi connectivity index (χ2n) is 6.67. The Labute approximate surface area is 162 Å². The van der Waals surface area contributed by atoms with E-state index in [-0.39, 0.29) is 22.0 Å². The minimum absolute atomic E-state index is 0. The molecule has 2 aliphatic carbocycles. The van der Waals surface area contributed by atoms with E-state index in [2.05, 4.69) is 85.0 Å². The van der Waals surface area contributed by atoms with Crippen molar-refractivity contribution in [3.63, 3.8) is 0 Å². The van der Waals surface area contributed by atoms with Crippen LogP contribution in [0.5, 0.6) is 0 Å². The van der Waals surface area contributed by atoms with Crippen molar-refractivity contribution in [3.05, 3.63) is 115 Å². The van der Waals surface area contributed by atoms with Gasteiger partial charge in [-0.05, 0) is 0 Å². The van der Waals surface area contributed by atoms with E-state index in [1.165, 1.54) is 24.0 Å². The van der Waals surface area contributed by atoms with Crippen LogP contribution in [0.2, 0.25) is 0 Å². The van der Waals surface area contributed by atoms with Crippen molar-refractivity contribution in [2.75, 3.05) is 0 Å². The third-order valence-corrected chi connectivity index (χ3v) is 7.42. The fraction of sp³-hybridized carbons (Fsp3) is 0.167. The van der Waals surface area contributed by atoms with Gasteiger partial charge in [0.1, 0.15) is 0 Å². The molecule has 126 valence electrons. The second-order valence-corrected chi connectivity index (χ2v) is 8.95. The predicted molar refractivity (Wildman–Crippen MR) is 104 cm³/mol. The van der Waals surface area contributed by atoms with Crippen LogP contribution in [0.1, 0.15) is 26.8 Å². The molecule has 2 aromatic rings. The molecule has 0 nitrogen and oxygen atoms in total.